The molecule has 0 N–H and O–H groups in total. The van der Waals surface area contributed by atoms with Crippen LogP contribution in [0.15, 0.2) is 10.7 Å². The summed E-state index contributed by atoms with van der Waals surface area (Å²) in [6.45, 7) is 4.24. The van der Waals surface area contributed by atoms with Gasteiger partial charge in [0.1, 0.15) is 10.4 Å². The van der Waals surface area contributed by atoms with E-state index in [9.17, 15) is 0 Å². The zero-order valence-electron chi connectivity index (χ0n) is 9.74. The lowest BCUT2D eigenvalue weighted by Crippen LogP contribution is -2.12. The summed E-state index contributed by atoms with van der Waals surface area (Å²) in [5, 5.41) is 0. The van der Waals surface area contributed by atoms with Crippen LogP contribution in [0.2, 0.25) is 0 Å². The Labute approximate surface area is 105 Å². The third-order valence-electron chi connectivity index (χ3n) is 2.65. The maximum atomic E-state index is 5.77. The SMILES string of the molecule is CCCC(C)Oc1cc(Br)nc(C2CC2)n1. The second kappa shape index (κ2) is 5.13. The fraction of sp³-hybridized carbons (Fsp3) is 0.667. The van der Waals surface area contributed by atoms with Gasteiger partial charge in [0.2, 0.25) is 5.88 Å². The van der Waals surface area contributed by atoms with Gasteiger partial charge >= 0.3 is 0 Å². The fourth-order valence-electron chi connectivity index (χ4n) is 1.67. The summed E-state index contributed by atoms with van der Waals surface area (Å²) in [5.74, 6) is 2.18. The van der Waals surface area contributed by atoms with Gasteiger partial charge in [0.05, 0.1) is 6.10 Å². The van der Waals surface area contributed by atoms with Crippen LogP contribution in [0.1, 0.15) is 51.3 Å². The second-order valence-electron chi connectivity index (χ2n) is 4.38. The predicted molar refractivity (Wildman–Crippen MR) is 66.7 cm³/mol. The van der Waals surface area contributed by atoms with E-state index < -0.39 is 0 Å². The Morgan fingerprint density at radius 2 is 2.25 bits per heavy atom. The molecular weight excluding hydrogens is 268 g/mol. The van der Waals surface area contributed by atoms with E-state index in [0.29, 0.717) is 11.8 Å². The first-order valence-corrected chi connectivity index (χ1v) is 6.69. The fourth-order valence-corrected chi connectivity index (χ4v) is 2.05. The van der Waals surface area contributed by atoms with Crippen molar-refractivity contribution in [1.29, 1.82) is 0 Å². The van der Waals surface area contributed by atoms with E-state index in [2.05, 4.69) is 39.7 Å². The molecule has 1 unspecified atom stereocenters. The number of hydrogen-bond acceptors (Lipinski definition) is 3. The highest BCUT2D eigenvalue weighted by Crippen LogP contribution is 2.39. The van der Waals surface area contributed by atoms with Crippen LogP contribution in [0.25, 0.3) is 0 Å². The number of hydrogen-bond donors (Lipinski definition) is 0. The lowest BCUT2D eigenvalue weighted by atomic mass is 10.2. The Hall–Kier alpha value is -0.640. The van der Waals surface area contributed by atoms with Gasteiger partial charge in [-0.05, 0) is 42.1 Å². The van der Waals surface area contributed by atoms with Gasteiger partial charge in [0.25, 0.3) is 0 Å². The molecule has 4 heteroatoms. The molecule has 0 amide bonds. The van der Waals surface area contributed by atoms with E-state index in [0.717, 1.165) is 23.3 Å². The minimum absolute atomic E-state index is 0.221. The molecule has 2 rings (SSSR count). The van der Waals surface area contributed by atoms with Crippen molar-refractivity contribution < 1.29 is 4.74 Å². The molecule has 1 aliphatic rings. The summed E-state index contributed by atoms with van der Waals surface area (Å²) in [5.41, 5.74) is 0. The molecule has 1 atom stereocenters. The van der Waals surface area contributed by atoms with Crippen molar-refractivity contribution >= 4 is 15.9 Å². The molecule has 0 aliphatic heterocycles. The molecule has 0 spiro atoms. The molecule has 16 heavy (non-hydrogen) atoms. The van der Waals surface area contributed by atoms with Crippen molar-refractivity contribution in [3.63, 3.8) is 0 Å². The number of halogens is 1. The first kappa shape index (κ1) is 11.8. The van der Waals surface area contributed by atoms with Crippen LogP contribution in [0.4, 0.5) is 0 Å². The van der Waals surface area contributed by atoms with Crippen LogP contribution in [0, 0.1) is 0 Å². The maximum Gasteiger partial charge on any atom is 0.217 e. The highest BCUT2D eigenvalue weighted by Gasteiger charge is 2.27. The molecule has 0 bridgehead atoms. The first-order valence-electron chi connectivity index (χ1n) is 5.90. The molecule has 0 aromatic carbocycles. The van der Waals surface area contributed by atoms with Crippen LogP contribution in [0.5, 0.6) is 5.88 Å². The van der Waals surface area contributed by atoms with Crippen LogP contribution < -0.4 is 4.74 Å². The number of rotatable bonds is 5. The van der Waals surface area contributed by atoms with Crippen molar-refractivity contribution in [2.45, 2.75) is 51.6 Å². The average molecular weight is 285 g/mol. The first-order chi connectivity index (χ1) is 7.69. The Kier molecular flexibility index (Phi) is 3.79. The Bertz CT molecular complexity index is 366. The normalized spacial score (nSPS) is 17.2. The Morgan fingerprint density at radius 1 is 1.50 bits per heavy atom. The summed E-state index contributed by atoms with van der Waals surface area (Å²) < 4.78 is 6.60. The summed E-state index contributed by atoms with van der Waals surface area (Å²) in [7, 11) is 0. The van der Waals surface area contributed by atoms with E-state index in [1.807, 2.05) is 6.07 Å². The molecule has 1 aliphatic carbocycles. The zero-order valence-corrected chi connectivity index (χ0v) is 11.3. The summed E-state index contributed by atoms with van der Waals surface area (Å²) in [4.78, 5) is 8.83. The lowest BCUT2D eigenvalue weighted by molar-refractivity contribution is 0.200. The van der Waals surface area contributed by atoms with Gasteiger partial charge in [-0.3, -0.25) is 0 Å². The monoisotopic (exact) mass is 284 g/mol. The molecule has 3 nitrogen and oxygen atoms in total. The van der Waals surface area contributed by atoms with Crippen molar-refractivity contribution in [2.24, 2.45) is 0 Å². The largest absolute Gasteiger partial charge is 0.475 e. The van der Waals surface area contributed by atoms with E-state index in [4.69, 9.17) is 4.74 Å². The average Bonchev–Trinajstić information content (AvgIpc) is 2.99. The van der Waals surface area contributed by atoms with Crippen molar-refractivity contribution in [2.75, 3.05) is 0 Å². The van der Waals surface area contributed by atoms with Gasteiger partial charge in [0.15, 0.2) is 0 Å². The maximum absolute atomic E-state index is 5.77. The van der Waals surface area contributed by atoms with Crippen molar-refractivity contribution in [3.05, 3.63) is 16.5 Å². The van der Waals surface area contributed by atoms with Crippen LogP contribution >= 0.6 is 15.9 Å². The molecule has 1 aromatic rings. The quantitative estimate of drug-likeness (QED) is 0.774. The van der Waals surface area contributed by atoms with Crippen LogP contribution in [-0.2, 0) is 0 Å². The molecule has 88 valence electrons. The minimum atomic E-state index is 0.221. The van der Waals surface area contributed by atoms with Gasteiger partial charge in [-0.25, -0.2) is 4.98 Å². The van der Waals surface area contributed by atoms with Gasteiger partial charge < -0.3 is 4.74 Å². The number of nitrogens with zero attached hydrogens (tertiary/aromatic N) is 2. The van der Waals surface area contributed by atoms with Gasteiger partial charge in [-0.15, -0.1) is 0 Å². The molecular formula is C12H17BrN2O. The summed E-state index contributed by atoms with van der Waals surface area (Å²) >= 11 is 3.41. The summed E-state index contributed by atoms with van der Waals surface area (Å²) in [6, 6.07) is 1.85. The molecule has 1 fully saturated rings. The highest BCUT2D eigenvalue weighted by atomic mass is 79.9. The molecule has 1 saturated carbocycles. The topological polar surface area (TPSA) is 35.0 Å². The third kappa shape index (κ3) is 3.17. The summed E-state index contributed by atoms with van der Waals surface area (Å²) in [6.07, 6.45) is 4.82. The van der Waals surface area contributed by atoms with Crippen LogP contribution in [-0.4, -0.2) is 16.1 Å². The van der Waals surface area contributed by atoms with E-state index in [1.54, 1.807) is 0 Å². The minimum Gasteiger partial charge on any atom is -0.475 e. The highest BCUT2D eigenvalue weighted by molar-refractivity contribution is 9.10. The molecule has 0 radical (unpaired) electrons. The Balaban J connectivity index is 2.07. The van der Waals surface area contributed by atoms with Gasteiger partial charge in [0, 0.05) is 12.0 Å². The molecule has 1 heterocycles. The van der Waals surface area contributed by atoms with Gasteiger partial charge in [-0.2, -0.15) is 4.98 Å². The van der Waals surface area contributed by atoms with Crippen LogP contribution in [0.3, 0.4) is 0 Å². The van der Waals surface area contributed by atoms with E-state index in [1.165, 1.54) is 12.8 Å². The van der Waals surface area contributed by atoms with Crippen molar-refractivity contribution in [1.82, 2.24) is 9.97 Å². The zero-order chi connectivity index (χ0) is 11.5. The van der Waals surface area contributed by atoms with Crippen molar-refractivity contribution in [3.8, 4) is 5.88 Å². The molecule has 0 saturated heterocycles. The van der Waals surface area contributed by atoms with Gasteiger partial charge in [-0.1, -0.05) is 13.3 Å². The smallest absolute Gasteiger partial charge is 0.217 e. The number of ether oxygens (including phenoxy) is 1. The predicted octanol–water partition coefficient (Wildman–Crippen LogP) is 3.68. The Morgan fingerprint density at radius 3 is 2.88 bits per heavy atom. The standard InChI is InChI=1S/C12H17BrN2O/c1-3-4-8(2)16-11-7-10(13)14-12(15-11)9-5-6-9/h7-9H,3-6H2,1-2H3. The van der Waals surface area contributed by atoms with E-state index in [-0.39, 0.29) is 6.10 Å². The van der Waals surface area contributed by atoms with E-state index >= 15 is 0 Å². The lowest BCUT2D eigenvalue weighted by Gasteiger charge is -2.13. The molecule has 1 aromatic heterocycles. The number of aromatic nitrogens is 2. The second-order valence-corrected chi connectivity index (χ2v) is 5.19. The third-order valence-corrected chi connectivity index (χ3v) is 3.05.